The van der Waals surface area contributed by atoms with Crippen LogP contribution in [0, 0.1) is 11.3 Å². The van der Waals surface area contributed by atoms with Crippen molar-refractivity contribution in [3.05, 3.63) is 52.2 Å². The largest absolute Gasteiger partial charge is 0.453 e. The minimum Gasteiger partial charge on any atom is -0.453 e. The van der Waals surface area contributed by atoms with Gasteiger partial charge < -0.3 is 15.0 Å². The molecule has 8 heteroatoms. The van der Waals surface area contributed by atoms with Gasteiger partial charge in [0.2, 0.25) is 5.91 Å². The lowest BCUT2D eigenvalue weighted by molar-refractivity contribution is -0.111. The summed E-state index contributed by atoms with van der Waals surface area (Å²) in [5, 5.41) is 12.7. The predicted molar refractivity (Wildman–Crippen MR) is 97.5 cm³/mol. The molecule has 0 saturated carbocycles. The van der Waals surface area contributed by atoms with Crippen LogP contribution in [0.3, 0.4) is 0 Å². The third-order valence-corrected chi connectivity index (χ3v) is 5.08. The molecule has 0 atom stereocenters. The number of carbonyl (C=O) groups excluding carboxylic acids is 2. The molecule has 26 heavy (non-hydrogen) atoms. The summed E-state index contributed by atoms with van der Waals surface area (Å²) in [5.74, 6) is -0.325. The number of aromatic nitrogens is 1. The molecule has 2 aromatic heterocycles. The fourth-order valence-electron chi connectivity index (χ4n) is 2.69. The Morgan fingerprint density at radius 1 is 1.50 bits per heavy atom. The second-order valence-corrected chi connectivity index (χ2v) is 6.68. The van der Waals surface area contributed by atoms with Gasteiger partial charge in [-0.2, -0.15) is 5.26 Å². The maximum Gasteiger partial charge on any atom is 0.409 e. The van der Waals surface area contributed by atoms with Crippen molar-refractivity contribution in [2.24, 2.45) is 0 Å². The van der Waals surface area contributed by atoms with E-state index in [1.54, 1.807) is 29.4 Å². The number of rotatable bonds is 3. The first-order chi connectivity index (χ1) is 12.6. The monoisotopic (exact) mass is 368 g/mol. The van der Waals surface area contributed by atoms with E-state index in [0.29, 0.717) is 30.1 Å². The van der Waals surface area contributed by atoms with E-state index in [4.69, 9.17) is 4.74 Å². The molecule has 0 fully saturated rings. The van der Waals surface area contributed by atoms with Gasteiger partial charge in [-0.25, -0.2) is 4.79 Å². The first-order valence-electron chi connectivity index (χ1n) is 7.89. The highest BCUT2D eigenvalue weighted by molar-refractivity contribution is 7.16. The van der Waals surface area contributed by atoms with Gasteiger partial charge in [0.1, 0.15) is 11.1 Å². The van der Waals surface area contributed by atoms with Crippen molar-refractivity contribution >= 4 is 34.4 Å². The van der Waals surface area contributed by atoms with Gasteiger partial charge >= 0.3 is 6.09 Å². The molecule has 0 bridgehead atoms. The molecule has 3 rings (SSSR count). The summed E-state index contributed by atoms with van der Waals surface area (Å²) < 4.78 is 4.75. The minimum atomic E-state index is -0.396. The van der Waals surface area contributed by atoms with Crippen LogP contribution >= 0.6 is 11.3 Å². The van der Waals surface area contributed by atoms with E-state index < -0.39 is 6.09 Å². The number of amides is 2. The molecule has 2 amide bonds. The lowest BCUT2D eigenvalue weighted by atomic mass is 10.0. The van der Waals surface area contributed by atoms with E-state index in [0.717, 1.165) is 16.0 Å². The van der Waals surface area contributed by atoms with Crippen LogP contribution in [-0.2, 0) is 22.5 Å². The van der Waals surface area contributed by atoms with Gasteiger partial charge in [0.05, 0.1) is 19.2 Å². The standard InChI is InChI=1S/C18H16N4O3S/c1-25-18(24)22-8-6-13-14(9-19)17(26-15(13)11-22)21-16(23)5-4-12-3-2-7-20-10-12/h2-5,7,10H,6,8,11H2,1H3,(H,21,23). The molecule has 0 saturated heterocycles. The summed E-state index contributed by atoms with van der Waals surface area (Å²) in [6.07, 6.45) is 6.52. The molecule has 0 aromatic carbocycles. The van der Waals surface area contributed by atoms with E-state index in [1.807, 2.05) is 6.07 Å². The van der Waals surface area contributed by atoms with Gasteiger partial charge in [-0.15, -0.1) is 11.3 Å². The van der Waals surface area contributed by atoms with E-state index >= 15 is 0 Å². The van der Waals surface area contributed by atoms with E-state index in [1.165, 1.54) is 24.5 Å². The van der Waals surface area contributed by atoms with Crippen LogP contribution < -0.4 is 5.32 Å². The lowest BCUT2D eigenvalue weighted by Gasteiger charge is -2.25. The number of thiophene rings is 1. The zero-order valence-electron chi connectivity index (χ0n) is 14.1. The average molecular weight is 368 g/mol. The Kier molecular flexibility index (Phi) is 5.29. The molecular weight excluding hydrogens is 352 g/mol. The molecule has 1 aliphatic heterocycles. The molecule has 0 unspecified atom stereocenters. The average Bonchev–Trinajstić information content (AvgIpc) is 3.02. The number of nitrogens with zero attached hydrogens (tertiary/aromatic N) is 3. The van der Waals surface area contributed by atoms with Crippen molar-refractivity contribution in [1.82, 2.24) is 9.88 Å². The molecule has 132 valence electrons. The van der Waals surface area contributed by atoms with Crippen LogP contribution in [-0.4, -0.2) is 35.5 Å². The van der Waals surface area contributed by atoms with E-state index in [2.05, 4.69) is 16.4 Å². The van der Waals surface area contributed by atoms with Crippen molar-refractivity contribution < 1.29 is 14.3 Å². The molecule has 0 aliphatic carbocycles. The Balaban J connectivity index is 1.76. The third kappa shape index (κ3) is 3.73. The number of anilines is 1. The molecular formula is C18H16N4O3S. The Hall–Kier alpha value is -3.18. The van der Waals surface area contributed by atoms with Crippen molar-refractivity contribution in [3.8, 4) is 6.07 Å². The highest BCUT2D eigenvalue weighted by Crippen LogP contribution is 2.36. The minimum absolute atomic E-state index is 0.325. The van der Waals surface area contributed by atoms with Gasteiger partial charge in [-0.05, 0) is 29.7 Å². The Labute approximate surface area is 154 Å². The second-order valence-electron chi connectivity index (χ2n) is 5.57. The predicted octanol–water partition coefficient (Wildman–Crippen LogP) is 2.79. The zero-order valence-corrected chi connectivity index (χ0v) is 14.9. The number of pyridine rings is 1. The number of carbonyl (C=O) groups is 2. The first-order valence-corrected chi connectivity index (χ1v) is 8.70. The van der Waals surface area contributed by atoms with Crippen LogP contribution in [0.1, 0.15) is 21.6 Å². The quantitative estimate of drug-likeness (QED) is 0.841. The number of nitriles is 1. The smallest absolute Gasteiger partial charge is 0.409 e. The maximum absolute atomic E-state index is 12.2. The number of fused-ring (bicyclic) bond motifs is 1. The number of methoxy groups -OCH3 is 1. The van der Waals surface area contributed by atoms with Gasteiger partial charge in [-0.1, -0.05) is 6.07 Å². The van der Waals surface area contributed by atoms with Crippen LogP contribution in [0.5, 0.6) is 0 Å². The summed E-state index contributed by atoms with van der Waals surface area (Å²) in [6.45, 7) is 0.863. The molecule has 0 radical (unpaired) electrons. The van der Waals surface area contributed by atoms with Crippen LogP contribution in [0.4, 0.5) is 9.80 Å². The van der Waals surface area contributed by atoms with Crippen molar-refractivity contribution in [1.29, 1.82) is 5.26 Å². The lowest BCUT2D eigenvalue weighted by Crippen LogP contribution is -2.35. The zero-order chi connectivity index (χ0) is 18.5. The summed E-state index contributed by atoms with van der Waals surface area (Å²) in [4.78, 5) is 30.3. The number of nitrogens with one attached hydrogen (secondary N) is 1. The van der Waals surface area contributed by atoms with E-state index in [-0.39, 0.29) is 5.91 Å². The van der Waals surface area contributed by atoms with Crippen LogP contribution in [0.25, 0.3) is 6.08 Å². The Morgan fingerprint density at radius 3 is 3.04 bits per heavy atom. The highest BCUT2D eigenvalue weighted by atomic mass is 32.1. The third-order valence-electron chi connectivity index (χ3n) is 3.95. The summed E-state index contributed by atoms with van der Waals surface area (Å²) in [6, 6.07) is 5.79. The van der Waals surface area contributed by atoms with Crippen LogP contribution in [0.2, 0.25) is 0 Å². The molecule has 2 aromatic rings. The molecule has 3 heterocycles. The number of hydrogen-bond acceptors (Lipinski definition) is 6. The first kappa shape index (κ1) is 17.6. The van der Waals surface area contributed by atoms with Crippen molar-refractivity contribution in [2.45, 2.75) is 13.0 Å². The second kappa shape index (κ2) is 7.80. The summed E-state index contributed by atoms with van der Waals surface area (Å²) >= 11 is 1.32. The van der Waals surface area contributed by atoms with E-state index in [9.17, 15) is 14.9 Å². The van der Waals surface area contributed by atoms with Gasteiger partial charge in [0, 0.05) is 29.9 Å². The molecule has 1 aliphatic rings. The summed E-state index contributed by atoms with van der Waals surface area (Å²) in [5.41, 5.74) is 2.17. The molecule has 1 N–H and O–H groups in total. The summed E-state index contributed by atoms with van der Waals surface area (Å²) in [7, 11) is 1.34. The normalized spacial score (nSPS) is 13.2. The van der Waals surface area contributed by atoms with Gasteiger partial charge in [0.15, 0.2) is 0 Å². The highest BCUT2D eigenvalue weighted by Gasteiger charge is 2.27. The van der Waals surface area contributed by atoms with Crippen molar-refractivity contribution in [3.63, 3.8) is 0 Å². The van der Waals surface area contributed by atoms with Gasteiger partial charge in [-0.3, -0.25) is 9.78 Å². The van der Waals surface area contributed by atoms with Crippen molar-refractivity contribution in [2.75, 3.05) is 19.0 Å². The van der Waals surface area contributed by atoms with Gasteiger partial charge in [0.25, 0.3) is 0 Å². The topological polar surface area (TPSA) is 95.3 Å². The molecule has 7 nitrogen and oxygen atoms in total. The van der Waals surface area contributed by atoms with Crippen LogP contribution in [0.15, 0.2) is 30.6 Å². The Bertz CT molecular complexity index is 899. The molecule has 0 spiro atoms. The number of ether oxygens (including phenoxy) is 1. The fraction of sp³-hybridized carbons (Fsp3) is 0.222. The Morgan fingerprint density at radius 2 is 2.35 bits per heavy atom. The fourth-order valence-corrected chi connectivity index (χ4v) is 3.91. The SMILES string of the molecule is COC(=O)N1CCc2c(sc(NC(=O)C=Cc3cccnc3)c2C#N)C1. The number of hydrogen-bond donors (Lipinski definition) is 1. The maximum atomic E-state index is 12.2.